The topological polar surface area (TPSA) is 66.5 Å². The van der Waals surface area contributed by atoms with E-state index in [1.54, 1.807) is 0 Å². The summed E-state index contributed by atoms with van der Waals surface area (Å²) in [6, 6.07) is 16.7. The van der Waals surface area contributed by atoms with Crippen molar-refractivity contribution >= 4 is 17.6 Å². The van der Waals surface area contributed by atoms with Gasteiger partial charge >= 0.3 is 0 Å². The lowest BCUT2D eigenvalue weighted by Crippen LogP contribution is -2.50. The highest BCUT2D eigenvalue weighted by Gasteiger charge is 2.42. The number of hydrogen-bond acceptors (Lipinski definition) is 3. The predicted molar refractivity (Wildman–Crippen MR) is 129 cm³/mol. The molecule has 2 fully saturated rings. The molecule has 2 aliphatic heterocycles. The van der Waals surface area contributed by atoms with Crippen LogP contribution in [0.4, 0.5) is 0 Å². The van der Waals surface area contributed by atoms with E-state index in [2.05, 4.69) is 5.32 Å². The van der Waals surface area contributed by atoms with Crippen molar-refractivity contribution < 1.29 is 14.4 Å². The van der Waals surface area contributed by atoms with Crippen LogP contribution in [0.1, 0.15) is 86.3 Å². The molecule has 5 nitrogen and oxygen atoms in total. The van der Waals surface area contributed by atoms with E-state index >= 15 is 0 Å². The van der Waals surface area contributed by atoms with Crippen molar-refractivity contribution in [3.63, 3.8) is 0 Å². The quantitative estimate of drug-likeness (QED) is 0.605. The van der Waals surface area contributed by atoms with Crippen LogP contribution in [0.15, 0.2) is 54.6 Å². The van der Waals surface area contributed by atoms with Crippen molar-refractivity contribution in [1.82, 2.24) is 10.2 Å². The van der Waals surface area contributed by atoms with Crippen molar-refractivity contribution in [3.05, 3.63) is 71.3 Å². The van der Waals surface area contributed by atoms with Crippen molar-refractivity contribution in [2.45, 2.75) is 76.9 Å². The molecule has 2 saturated heterocycles. The summed E-state index contributed by atoms with van der Waals surface area (Å²) in [4.78, 5) is 41.3. The Balaban J connectivity index is 1.56. The molecule has 174 valence electrons. The van der Waals surface area contributed by atoms with Crippen LogP contribution in [0.25, 0.3) is 0 Å². The number of carbonyl (C=O) groups is 3. The average molecular weight is 447 g/mol. The van der Waals surface area contributed by atoms with Gasteiger partial charge in [-0.25, -0.2) is 0 Å². The molecule has 2 aromatic rings. The van der Waals surface area contributed by atoms with Crippen molar-refractivity contribution in [2.75, 3.05) is 0 Å². The summed E-state index contributed by atoms with van der Waals surface area (Å²) >= 11 is 0. The second-order valence-electron chi connectivity index (χ2n) is 9.32. The van der Waals surface area contributed by atoms with Crippen LogP contribution in [0.5, 0.6) is 0 Å². The van der Waals surface area contributed by atoms with E-state index in [9.17, 15) is 14.4 Å². The number of carbonyl (C=O) groups excluding carboxylic acids is 3. The minimum absolute atomic E-state index is 0.00972. The van der Waals surface area contributed by atoms with Gasteiger partial charge in [-0.15, -0.1) is 0 Å². The summed E-state index contributed by atoms with van der Waals surface area (Å²) in [7, 11) is 0. The van der Waals surface area contributed by atoms with Gasteiger partial charge in [0.25, 0.3) is 0 Å². The molecule has 3 atom stereocenters. The number of amides is 2. The molecule has 5 heteroatoms. The maximum atomic E-state index is 13.6. The summed E-state index contributed by atoms with van der Waals surface area (Å²) < 4.78 is 0. The maximum absolute atomic E-state index is 13.6. The van der Waals surface area contributed by atoms with Crippen molar-refractivity contribution in [3.8, 4) is 0 Å². The van der Waals surface area contributed by atoms with Crippen LogP contribution in [-0.2, 0) is 9.59 Å². The fourth-order valence-corrected chi connectivity index (χ4v) is 5.41. The summed E-state index contributed by atoms with van der Waals surface area (Å²) in [6.07, 6.45) is 5.98. The lowest BCUT2D eigenvalue weighted by Gasteiger charge is -2.32. The highest BCUT2D eigenvalue weighted by Crippen LogP contribution is 2.40. The molecule has 0 spiro atoms. The first-order valence-corrected chi connectivity index (χ1v) is 12.4. The highest BCUT2D eigenvalue weighted by molar-refractivity contribution is 6.09. The van der Waals surface area contributed by atoms with Gasteiger partial charge in [0.1, 0.15) is 6.04 Å². The third-order valence-electron chi connectivity index (χ3n) is 7.33. The Morgan fingerprint density at radius 1 is 0.939 bits per heavy atom. The number of rotatable bonds is 7. The normalized spacial score (nSPS) is 22.7. The van der Waals surface area contributed by atoms with Crippen LogP contribution in [-0.4, -0.2) is 34.6 Å². The Labute approximate surface area is 196 Å². The predicted octanol–water partition coefficient (Wildman–Crippen LogP) is 5.05. The third kappa shape index (κ3) is 4.87. The Hall–Kier alpha value is -2.95. The fraction of sp³-hybridized carbons (Fsp3) is 0.464. The molecule has 0 unspecified atom stereocenters. The number of nitrogens with zero attached hydrogens (tertiary/aromatic N) is 1. The second-order valence-corrected chi connectivity index (χ2v) is 9.32. The zero-order valence-electron chi connectivity index (χ0n) is 19.6. The van der Waals surface area contributed by atoms with Gasteiger partial charge in [0, 0.05) is 23.1 Å². The third-order valence-corrected chi connectivity index (χ3v) is 7.33. The van der Waals surface area contributed by atoms with Gasteiger partial charge in [-0.1, -0.05) is 62.4 Å². The van der Waals surface area contributed by atoms with Crippen LogP contribution in [0.3, 0.4) is 0 Å². The molecule has 0 radical (unpaired) electrons. The molecule has 1 N–H and O–H groups in total. The van der Waals surface area contributed by atoms with E-state index in [-0.39, 0.29) is 35.6 Å². The van der Waals surface area contributed by atoms with Crippen LogP contribution >= 0.6 is 0 Å². The maximum Gasteiger partial charge on any atom is 0.245 e. The Bertz CT molecular complexity index is 999. The molecule has 0 bridgehead atoms. The lowest BCUT2D eigenvalue weighted by atomic mass is 9.97. The minimum atomic E-state index is -0.460. The van der Waals surface area contributed by atoms with Gasteiger partial charge in [0.2, 0.25) is 11.8 Å². The molecule has 2 amide bonds. The number of fused-ring (bicyclic) bond motifs is 1. The van der Waals surface area contributed by atoms with Crippen LogP contribution in [0, 0.1) is 5.92 Å². The van der Waals surface area contributed by atoms with E-state index in [4.69, 9.17) is 0 Å². The zero-order valence-corrected chi connectivity index (χ0v) is 19.6. The van der Waals surface area contributed by atoms with E-state index in [0.29, 0.717) is 17.5 Å². The molecule has 2 aliphatic rings. The van der Waals surface area contributed by atoms with Gasteiger partial charge < -0.3 is 10.2 Å². The molecule has 33 heavy (non-hydrogen) atoms. The Morgan fingerprint density at radius 3 is 2.39 bits per heavy atom. The van der Waals surface area contributed by atoms with E-state index in [0.717, 1.165) is 44.1 Å². The molecule has 0 saturated carbocycles. The number of ketones is 1. The monoisotopic (exact) mass is 446 g/mol. The van der Waals surface area contributed by atoms with Gasteiger partial charge in [-0.05, 0) is 56.6 Å². The smallest absolute Gasteiger partial charge is 0.245 e. The lowest BCUT2D eigenvalue weighted by molar-refractivity contribution is -0.139. The average Bonchev–Trinajstić information content (AvgIpc) is 3.21. The molecular formula is C28H34N2O3. The van der Waals surface area contributed by atoms with Gasteiger partial charge in [0.05, 0.1) is 6.04 Å². The summed E-state index contributed by atoms with van der Waals surface area (Å²) in [5.74, 6) is -0.0431. The number of benzene rings is 2. The first-order chi connectivity index (χ1) is 16.0. The van der Waals surface area contributed by atoms with Crippen molar-refractivity contribution in [2.24, 2.45) is 5.92 Å². The van der Waals surface area contributed by atoms with Crippen LogP contribution < -0.4 is 5.32 Å². The first kappa shape index (κ1) is 23.2. The largest absolute Gasteiger partial charge is 0.344 e. The minimum Gasteiger partial charge on any atom is -0.344 e. The molecule has 0 aliphatic carbocycles. The van der Waals surface area contributed by atoms with Crippen LogP contribution in [0.2, 0.25) is 0 Å². The number of hydrogen-bond donors (Lipinski definition) is 1. The molecule has 4 rings (SSSR count). The van der Waals surface area contributed by atoms with Crippen molar-refractivity contribution in [1.29, 1.82) is 0 Å². The van der Waals surface area contributed by atoms with Gasteiger partial charge in [0.15, 0.2) is 5.78 Å². The molecule has 0 aromatic heterocycles. The van der Waals surface area contributed by atoms with Gasteiger partial charge in [-0.3, -0.25) is 14.4 Å². The van der Waals surface area contributed by atoms with E-state index in [1.807, 2.05) is 73.3 Å². The Kier molecular flexibility index (Phi) is 7.26. The molecule has 2 aromatic carbocycles. The van der Waals surface area contributed by atoms with E-state index in [1.165, 1.54) is 0 Å². The summed E-state index contributed by atoms with van der Waals surface area (Å²) in [5, 5.41) is 3.06. The van der Waals surface area contributed by atoms with E-state index < -0.39 is 6.04 Å². The SMILES string of the molecule is CCC(CC)C(=O)N[C@H]1CCC[C@H]2CC[C@@H](c3cccc(C(=O)c4ccccc4)c3)N2C1=O. The summed E-state index contributed by atoms with van der Waals surface area (Å²) in [6.45, 7) is 4.03. The first-order valence-electron chi connectivity index (χ1n) is 12.4. The Morgan fingerprint density at radius 2 is 1.67 bits per heavy atom. The molecule has 2 heterocycles. The second kappa shape index (κ2) is 10.3. The molecular weight excluding hydrogens is 412 g/mol. The number of nitrogens with one attached hydrogen (secondary N) is 1. The standard InChI is InChI=1S/C28H34N2O3/c1-3-19(4-2)27(32)29-24-15-9-14-23-16-17-25(30(23)28(24)33)21-12-8-13-22(18-21)26(31)20-10-6-5-7-11-20/h5-8,10-13,18-19,23-25H,3-4,9,14-17H2,1-2H3,(H,29,32)/t23-,24-,25-/m0/s1. The summed E-state index contributed by atoms with van der Waals surface area (Å²) in [5.41, 5.74) is 2.30. The van der Waals surface area contributed by atoms with Gasteiger partial charge in [-0.2, -0.15) is 0 Å². The highest BCUT2D eigenvalue weighted by atomic mass is 16.2. The fourth-order valence-electron chi connectivity index (χ4n) is 5.41. The zero-order chi connectivity index (χ0) is 23.4.